The summed E-state index contributed by atoms with van der Waals surface area (Å²) in [5, 5.41) is 15.6. The molecule has 1 aliphatic carbocycles. The third kappa shape index (κ3) is 1.79. The molecule has 1 amide bonds. The van der Waals surface area contributed by atoms with Crippen molar-refractivity contribution in [3.63, 3.8) is 0 Å². The summed E-state index contributed by atoms with van der Waals surface area (Å²) in [4.78, 5) is 12.6. The van der Waals surface area contributed by atoms with Gasteiger partial charge in [0.1, 0.15) is 5.75 Å². The number of rotatable bonds is 2. The molecule has 4 rings (SSSR count). The van der Waals surface area contributed by atoms with Gasteiger partial charge in [0, 0.05) is 17.7 Å². The van der Waals surface area contributed by atoms with Crippen molar-refractivity contribution in [2.75, 3.05) is 5.32 Å². The highest BCUT2D eigenvalue weighted by Crippen LogP contribution is 2.54. The molecule has 1 saturated carbocycles. The zero-order valence-electron chi connectivity index (χ0n) is 11.7. The van der Waals surface area contributed by atoms with E-state index in [9.17, 15) is 10.0 Å². The molecular weight excluding hydrogens is 280 g/mol. The molecule has 2 aliphatic rings. The number of nitrogens with one attached hydrogen (secondary N) is 1. The fourth-order valence-electron chi connectivity index (χ4n) is 3.01. The Morgan fingerprint density at radius 2 is 1.91 bits per heavy atom. The smallest absolute Gasteiger partial charge is 0.269 e. The molecule has 2 aromatic rings. The highest BCUT2D eigenvalue weighted by molar-refractivity contribution is 6.15. The summed E-state index contributed by atoms with van der Waals surface area (Å²) in [5.41, 5.74) is 1.02. The zero-order valence-corrected chi connectivity index (χ0v) is 11.7. The summed E-state index contributed by atoms with van der Waals surface area (Å²) in [6, 6.07) is 16.6. The Morgan fingerprint density at radius 1 is 1.18 bits per heavy atom. The number of hydrogen-bond donors (Lipinski definition) is 2. The monoisotopic (exact) mass is 294 g/mol. The minimum absolute atomic E-state index is 0.209. The van der Waals surface area contributed by atoms with E-state index in [4.69, 9.17) is 4.74 Å². The van der Waals surface area contributed by atoms with Crippen molar-refractivity contribution >= 4 is 17.3 Å². The van der Waals surface area contributed by atoms with E-state index in [1.165, 1.54) is 0 Å². The molecule has 1 aliphatic heterocycles. The van der Waals surface area contributed by atoms with Crippen LogP contribution in [0.4, 0.5) is 5.69 Å². The van der Waals surface area contributed by atoms with E-state index in [2.05, 4.69) is 10.5 Å². The number of anilines is 1. The molecule has 2 atom stereocenters. The van der Waals surface area contributed by atoms with Gasteiger partial charge in [-0.1, -0.05) is 35.5 Å². The summed E-state index contributed by atoms with van der Waals surface area (Å²) in [6.07, 6.45) is 0.514. The first-order valence-electron chi connectivity index (χ1n) is 7.11. The van der Waals surface area contributed by atoms with Crippen LogP contribution in [0.1, 0.15) is 12.0 Å². The van der Waals surface area contributed by atoms with Gasteiger partial charge in [-0.2, -0.15) is 0 Å². The van der Waals surface area contributed by atoms with Crippen LogP contribution in [0.25, 0.3) is 0 Å². The summed E-state index contributed by atoms with van der Waals surface area (Å²) >= 11 is 0. The third-order valence-electron chi connectivity index (χ3n) is 4.22. The molecule has 2 N–H and O–H groups in total. The zero-order chi connectivity index (χ0) is 15.2. The molecule has 5 nitrogen and oxygen atoms in total. The predicted molar refractivity (Wildman–Crippen MR) is 81.3 cm³/mol. The number of carbonyl (C=O) groups is 1. The number of para-hydroxylation sites is 2. The van der Waals surface area contributed by atoms with Crippen LogP contribution in [-0.2, 0) is 4.79 Å². The average Bonchev–Trinajstić information content (AvgIpc) is 3.29. The Bertz CT molecular complexity index is 772. The normalized spacial score (nSPS) is 26.5. The van der Waals surface area contributed by atoms with Crippen molar-refractivity contribution in [3.8, 4) is 5.75 Å². The van der Waals surface area contributed by atoms with Gasteiger partial charge in [-0.05, 0) is 24.3 Å². The van der Waals surface area contributed by atoms with Gasteiger partial charge < -0.3 is 15.3 Å². The first-order valence-corrected chi connectivity index (χ1v) is 7.11. The Kier molecular flexibility index (Phi) is 2.69. The fraction of sp³-hybridized carbons (Fsp3) is 0.176. The van der Waals surface area contributed by atoms with E-state index in [1.54, 1.807) is 6.07 Å². The second-order valence-electron chi connectivity index (χ2n) is 5.55. The van der Waals surface area contributed by atoms with Crippen molar-refractivity contribution < 1.29 is 14.7 Å². The van der Waals surface area contributed by atoms with E-state index in [0.29, 0.717) is 17.9 Å². The number of hydrogen-bond acceptors (Lipinski definition) is 4. The Labute approximate surface area is 127 Å². The van der Waals surface area contributed by atoms with Crippen molar-refractivity contribution in [1.82, 2.24) is 0 Å². The van der Waals surface area contributed by atoms with Crippen LogP contribution in [0.3, 0.4) is 0 Å². The molecule has 2 unspecified atom stereocenters. The Hall–Kier alpha value is -2.82. The van der Waals surface area contributed by atoms with Gasteiger partial charge in [0.25, 0.3) is 5.91 Å². The molecule has 0 radical (unpaired) electrons. The minimum Gasteiger partial charge on any atom is -0.476 e. The molecule has 0 aromatic heterocycles. The van der Waals surface area contributed by atoms with Gasteiger partial charge in [-0.25, -0.2) is 0 Å². The average molecular weight is 294 g/mol. The topological polar surface area (TPSA) is 70.9 Å². The van der Waals surface area contributed by atoms with Crippen LogP contribution in [0.2, 0.25) is 0 Å². The number of amides is 1. The van der Waals surface area contributed by atoms with Gasteiger partial charge in [-0.3, -0.25) is 4.79 Å². The molecule has 0 saturated heterocycles. The van der Waals surface area contributed by atoms with Gasteiger partial charge in [0.2, 0.25) is 0 Å². The van der Waals surface area contributed by atoms with Crippen molar-refractivity contribution in [1.29, 1.82) is 0 Å². The lowest BCUT2D eigenvalue weighted by Crippen LogP contribution is -2.41. The van der Waals surface area contributed by atoms with Crippen molar-refractivity contribution in [3.05, 3.63) is 60.2 Å². The predicted octanol–water partition coefficient (Wildman–Crippen LogP) is 2.65. The Balaban J connectivity index is 1.66. The summed E-state index contributed by atoms with van der Waals surface area (Å²) in [6.45, 7) is 0. The van der Waals surface area contributed by atoms with Crippen LogP contribution in [-0.4, -0.2) is 22.4 Å². The largest absolute Gasteiger partial charge is 0.476 e. The summed E-state index contributed by atoms with van der Waals surface area (Å²) in [5.74, 6) is 0.155. The van der Waals surface area contributed by atoms with Gasteiger partial charge in [0.15, 0.2) is 5.60 Å². The molecule has 22 heavy (non-hydrogen) atoms. The maximum atomic E-state index is 12.6. The van der Waals surface area contributed by atoms with Crippen LogP contribution >= 0.6 is 0 Å². The lowest BCUT2D eigenvalue weighted by molar-refractivity contribution is -0.125. The highest BCUT2D eigenvalue weighted by atomic mass is 16.5. The molecule has 110 valence electrons. The molecule has 0 bridgehead atoms. The maximum Gasteiger partial charge on any atom is 0.269 e. The van der Waals surface area contributed by atoms with Crippen LogP contribution < -0.4 is 10.1 Å². The van der Waals surface area contributed by atoms with Crippen LogP contribution in [0.5, 0.6) is 5.75 Å². The SMILES string of the molecule is O=C(Nc1ccccc1)C12CC1/C(=N\O)c1ccccc1O2. The van der Waals surface area contributed by atoms with Crippen molar-refractivity contribution in [2.45, 2.75) is 12.0 Å². The van der Waals surface area contributed by atoms with E-state index in [0.717, 1.165) is 11.3 Å². The summed E-state index contributed by atoms with van der Waals surface area (Å²) in [7, 11) is 0. The maximum absolute atomic E-state index is 12.6. The Morgan fingerprint density at radius 3 is 2.68 bits per heavy atom. The van der Waals surface area contributed by atoms with E-state index in [1.807, 2.05) is 48.5 Å². The van der Waals surface area contributed by atoms with Gasteiger partial charge in [-0.15, -0.1) is 0 Å². The highest BCUT2D eigenvalue weighted by Gasteiger charge is 2.68. The third-order valence-corrected chi connectivity index (χ3v) is 4.22. The van der Waals surface area contributed by atoms with Gasteiger partial charge in [0.05, 0.1) is 11.6 Å². The first-order chi connectivity index (χ1) is 10.7. The standard InChI is InChI=1S/C17H14N2O3/c20-16(18-11-6-2-1-3-7-11)17-10-13(17)15(19-21)12-8-4-5-9-14(12)22-17/h1-9,13,21H,10H2,(H,18,20)/b19-15-. The second-order valence-corrected chi connectivity index (χ2v) is 5.55. The molecule has 2 aromatic carbocycles. The quantitative estimate of drug-likeness (QED) is 0.660. The van der Waals surface area contributed by atoms with Crippen LogP contribution in [0, 0.1) is 5.92 Å². The molecule has 5 heteroatoms. The number of oxime groups is 1. The fourth-order valence-corrected chi connectivity index (χ4v) is 3.01. The molecule has 1 heterocycles. The minimum atomic E-state index is -0.967. The number of fused-ring (bicyclic) bond motifs is 2. The number of carbonyl (C=O) groups excluding carboxylic acids is 1. The van der Waals surface area contributed by atoms with E-state index >= 15 is 0 Å². The van der Waals surface area contributed by atoms with E-state index < -0.39 is 5.60 Å². The first kappa shape index (κ1) is 12.9. The van der Waals surface area contributed by atoms with Crippen LogP contribution in [0.15, 0.2) is 59.8 Å². The van der Waals surface area contributed by atoms with Gasteiger partial charge >= 0.3 is 0 Å². The lowest BCUT2D eigenvalue weighted by Gasteiger charge is -2.25. The lowest BCUT2D eigenvalue weighted by atomic mass is 9.99. The summed E-state index contributed by atoms with van der Waals surface area (Å²) < 4.78 is 5.96. The number of benzene rings is 2. The van der Waals surface area contributed by atoms with E-state index in [-0.39, 0.29) is 11.8 Å². The van der Waals surface area contributed by atoms with Crippen molar-refractivity contribution in [2.24, 2.45) is 11.1 Å². The molecule has 0 spiro atoms. The molecule has 1 fully saturated rings. The second kappa shape index (κ2) is 4.59. The number of nitrogens with zero attached hydrogens (tertiary/aromatic N) is 1. The molecular formula is C17H14N2O3. The number of ether oxygens (including phenoxy) is 1.